The van der Waals surface area contributed by atoms with E-state index in [1.165, 1.54) is 16.0 Å². The topological polar surface area (TPSA) is 36.1 Å². The van der Waals surface area contributed by atoms with Crippen LogP contribution in [0.15, 0.2) is 88.8 Å². The average molecular weight is 340 g/mol. The normalized spacial score (nSPS) is 16.3. The van der Waals surface area contributed by atoms with E-state index in [-0.39, 0.29) is 5.25 Å². The fourth-order valence-electron chi connectivity index (χ4n) is 2.98. The predicted molar refractivity (Wildman–Crippen MR) is 103 cm³/mol. The van der Waals surface area contributed by atoms with Crippen LogP contribution in [0.25, 0.3) is 0 Å². The zero-order chi connectivity index (χ0) is 17.1. The van der Waals surface area contributed by atoms with Crippen LogP contribution in [0.2, 0.25) is 0 Å². The third-order valence-corrected chi connectivity index (χ3v) is 5.61. The van der Waals surface area contributed by atoms with Gasteiger partial charge in [-0.25, -0.2) is 0 Å². The molecule has 120 valence electrons. The lowest BCUT2D eigenvalue weighted by atomic mass is 10.0. The maximum Gasteiger partial charge on any atom is 0.0991 e. The zero-order valence-corrected chi connectivity index (χ0v) is 14.4. The van der Waals surface area contributed by atoms with Gasteiger partial charge in [-0.3, -0.25) is 4.99 Å². The van der Waals surface area contributed by atoms with Crippen molar-refractivity contribution in [3.05, 3.63) is 95.6 Å². The van der Waals surface area contributed by atoms with Gasteiger partial charge in [0.25, 0.3) is 0 Å². The molecule has 0 fully saturated rings. The molecule has 0 saturated carbocycles. The van der Waals surface area contributed by atoms with Crippen molar-refractivity contribution in [1.82, 2.24) is 0 Å². The number of nitriles is 1. The molecule has 1 atom stereocenters. The second-order valence-electron chi connectivity index (χ2n) is 5.94. The summed E-state index contributed by atoms with van der Waals surface area (Å²) < 4.78 is 0. The summed E-state index contributed by atoms with van der Waals surface area (Å²) in [4.78, 5) is 6.16. The van der Waals surface area contributed by atoms with E-state index in [0.29, 0.717) is 5.56 Å². The van der Waals surface area contributed by atoms with Crippen LogP contribution in [0.1, 0.15) is 28.4 Å². The lowest BCUT2D eigenvalue weighted by Gasteiger charge is -2.16. The molecule has 1 aliphatic heterocycles. The first-order valence-electron chi connectivity index (χ1n) is 8.22. The van der Waals surface area contributed by atoms with Crippen molar-refractivity contribution in [3.8, 4) is 6.07 Å². The van der Waals surface area contributed by atoms with E-state index < -0.39 is 0 Å². The zero-order valence-electron chi connectivity index (χ0n) is 13.6. The third-order valence-electron chi connectivity index (χ3n) is 4.29. The van der Waals surface area contributed by atoms with Gasteiger partial charge in [-0.1, -0.05) is 54.6 Å². The van der Waals surface area contributed by atoms with Crippen molar-refractivity contribution in [3.63, 3.8) is 0 Å². The first-order valence-corrected chi connectivity index (χ1v) is 9.10. The van der Waals surface area contributed by atoms with Crippen LogP contribution in [0.5, 0.6) is 0 Å². The monoisotopic (exact) mass is 340 g/mol. The van der Waals surface area contributed by atoms with Crippen LogP contribution in [0.4, 0.5) is 5.69 Å². The lowest BCUT2D eigenvalue weighted by Crippen LogP contribution is -2.05. The van der Waals surface area contributed by atoms with Crippen LogP contribution < -0.4 is 0 Å². The Labute approximate surface area is 151 Å². The van der Waals surface area contributed by atoms with Crippen molar-refractivity contribution in [2.24, 2.45) is 4.99 Å². The summed E-state index contributed by atoms with van der Waals surface area (Å²) in [5.41, 5.74) is 5.22. The van der Waals surface area contributed by atoms with Crippen LogP contribution in [0.3, 0.4) is 0 Å². The number of rotatable bonds is 2. The second kappa shape index (κ2) is 6.96. The highest BCUT2D eigenvalue weighted by atomic mass is 32.2. The molecular weight excluding hydrogens is 324 g/mol. The number of para-hydroxylation sites is 1. The molecule has 0 aromatic heterocycles. The van der Waals surface area contributed by atoms with Gasteiger partial charge in [0.15, 0.2) is 0 Å². The van der Waals surface area contributed by atoms with E-state index in [4.69, 9.17) is 10.3 Å². The van der Waals surface area contributed by atoms with Crippen molar-refractivity contribution in [1.29, 1.82) is 5.26 Å². The Kier molecular flexibility index (Phi) is 4.37. The van der Waals surface area contributed by atoms with Gasteiger partial charge in [-0.15, -0.1) is 11.8 Å². The van der Waals surface area contributed by atoms with Crippen molar-refractivity contribution < 1.29 is 0 Å². The van der Waals surface area contributed by atoms with Crippen LogP contribution in [0, 0.1) is 11.3 Å². The van der Waals surface area contributed by atoms with Gasteiger partial charge < -0.3 is 0 Å². The molecule has 1 unspecified atom stereocenters. The molecule has 3 aromatic carbocycles. The number of nitrogens with zero attached hydrogens (tertiary/aromatic N) is 2. The van der Waals surface area contributed by atoms with Gasteiger partial charge >= 0.3 is 0 Å². The van der Waals surface area contributed by atoms with E-state index in [9.17, 15) is 0 Å². The SMILES string of the molecule is N#Cc1ccc(C2CC(c3ccccc3)=Nc3ccccc3S2)cc1. The highest BCUT2D eigenvalue weighted by Gasteiger charge is 2.22. The summed E-state index contributed by atoms with van der Waals surface area (Å²) in [6, 6.07) is 28.8. The average Bonchev–Trinajstić information content (AvgIpc) is 2.88. The van der Waals surface area contributed by atoms with E-state index in [0.717, 1.165) is 17.8 Å². The molecule has 0 spiro atoms. The second-order valence-corrected chi connectivity index (χ2v) is 7.18. The van der Waals surface area contributed by atoms with Crippen molar-refractivity contribution >= 4 is 23.2 Å². The molecule has 0 radical (unpaired) electrons. The smallest absolute Gasteiger partial charge is 0.0991 e. The molecule has 25 heavy (non-hydrogen) atoms. The third kappa shape index (κ3) is 3.35. The van der Waals surface area contributed by atoms with E-state index in [1.807, 2.05) is 36.0 Å². The maximum absolute atomic E-state index is 9.03. The Morgan fingerprint density at radius 3 is 2.36 bits per heavy atom. The first kappa shape index (κ1) is 15.7. The molecule has 0 aliphatic carbocycles. The Bertz CT molecular complexity index is 953. The molecule has 1 heterocycles. The fraction of sp³-hybridized carbons (Fsp3) is 0.0909. The number of benzene rings is 3. The molecular formula is C22H16N2S. The standard InChI is InChI=1S/C22H16N2S/c23-15-16-10-12-18(13-11-16)22-14-20(17-6-2-1-3-7-17)24-19-8-4-5-9-21(19)25-22/h1-13,22H,14H2. The molecule has 2 nitrogen and oxygen atoms in total. The van der Waals surface area contributed by atoms with Gasteiger partial charge in [0, 0.05) is 22.3 Å². The van der Waals surface area contributed by atoms with Gasteiger partial charge in [-0.05, 0) is 35.4 Å². The van der Waals surface area contributed by atoms with Gasteiger partial charge in [0.1, 0.15) is 0 Å². The number of hydrogen-bond acceptors (Lipinski definition) is 3. The van der Waals surface area contributed by atoms with Crippen molar-refractivity contribution in [2.75, 3.05) is 0 Å². The van der Waals surface area contributed by atoms with Gasteiger partial charge in [0.05, 0.1) is 17.3 Å². The number of fused-ring (bicyclic) bond motifs is 1. The Morgan fingerprint density at radius 2 is 1.60 bits per heavy atom. The Balaban J connectivity index is 1.77. The summed E-state index contributed by atoms with van der Waals surface area (Å²) in [6.45, 7) is 0. The Hall–Kier alpha value is -2.83. The number of aliphatic imine (C=N–C) groups is 1. The molecule has 3 aromatic rings. The van der Waals surface area contributed by atoms with Gasteiger partial charge in [-0.2, -0.15) is 5.26 Å². The minimum Gasteiger partial charge on any atom is -0.252 e. The summed E-state index contributed by atoms with van der Waals surface area (Å²) in [7, 11) is 0. The van der Waals surface area contributed by atoms with Gasteiger partial charge in [0.2, 0.25) is 0 Å². The molecule has 4 rings (SSSR count). The quantitative estimate of drug-likeness (QED) is 0.581. The minimum absolute atomic E-state index is 0.273. The first-order chi connectivity index (χ1) is 12.3. The fourth-order valence-corrected chi connectivity index (χ4v) is 4.21. The predicted octanol–water partition coefficient (Wildman–Crippen LogP) is 5.92. The summed E-state index contributed by atoms with van der Waals surface area (Å²) in [5, 5.41) is 9.30. The summed E-state index contributed by atoms with van der Waals surface area (Å²) in [6.07, 6.45) is 0.856. The minimum atomic E-state index is 0.273. The van der Waals surface area contributed by atoms with Crippen molar-refractivity contribution in [2.45, 2.75) is 16.6 Å². The van der Waals surface area contributed by atoms with Crippen LogP contribution in [-0.4, -0.2) is 5.71 Å². The summed E-state index contributed by atoms with van der Waals surface area (Å²) in [5.74, 6) is 0. The summed E-state index contributed by atoms with van der Waals surface area (Å²) >= 11 is 1.85. The Morgan fingerprint density at radius 1 is 0.880 bits per heavy atom. The highest BCUT2D eigenvalue weighted by Crippen LogP contribution is 2.45. The molecule has 0 saturated heterocycles. The van der Waals surface area contributed by atoms with E-state index in [2.05, 4.69) is 60.7 Å². The molecule has 3 heteroatoms. The molecule has 0 bridgehead atoms. The van der Waals surface area contributed by atoms with Crippen LogP contribution in [-0.2, 0) is 0 Å². The van der Waals surface area contributed by atoms with E-state index in [1.54, 1.807) is 0 Å². The number of hydrogen-bond donors (Lipinski definition) is 0. The van der Waals surface area contributed by atoms with E-state index >= 15 is 0 Å². The molecule has 1 aliphatic rings. The molecule has 0 amide bonds. The molecule has 0 N–H and O–H groups in total. The largest absolute Gasteiger partial charge is 0.252 e. The maximum atomic E-state index is 9.03. The van der Waals surface area contributed by atoms with Crippen LogP contribution >= 0.6 is 11.8 Å². The number of thioether (sulfide) groups is 1. The lowest BCUT2D eigenvalue weighted by molar-refractivity contribution is 1.01. The highest BCUT2D eigenvalue weighted by molar-refractivity contribution is 7.99.